The van der Waals surface area contributed by atoms with Crippen molar-refractivity contribution in [1.29, 1.82) is 0 Å². The zero-order valence-electron chi connectivity index (χ0n) is 41.8. The average molecular weight is 897 g/mol. The van der Waals surface area contributed by atoms with E-state index in [4.69, 9.17) is 9.05 Å². The second-order valence-corrected chi connectivity index (χ2v) is 21.0. The number of phosphoric acid groups is 1. The molecular weight excluding hydrogens is 792 g/mol. The molecule has 0 aliphatic heterocycles. The molecule has 62 heavy (non-hydrogen) atoms. The molecule has 368 valence electrons. The minimum absolute atomic E-state index is 0.000906. The molecule has 0 radical (unpaired) electrons. The molecule has 0 fully saturated rings. The van der Waals surface area contributed by atoms with Crippen molar-refractivity contribution in [1.82, 2.24) is 5.32 Å². The zero-order chi connectivity index (χ0) is 45.7. The second kappa shape index (κ2) is 45.1. The molecule has 0 bridgehead atoms. The van der Waals surface area contributed by atoms with E-state index < -0.39 is 20.0 Å². The van der Waals surface area contributed by atoms with Gasteiger partial charge in [0.2, 0.25) is 5.91 Å². The number of quaternary nitrogens is 1. The zero-order valence-corrected chi connectivity index (χ0v) is 42.7. The number of allylic oxidation sites excluding steroid dienone is 3. The van der Waals surface area contributed by atoms with Gasteiger partial charge < -0.3 is 28.8 Å². The van der Waals surface area contributed by atoms with Gasteiger partial charge in [0.15, 0.2) is 0 Å². The Labute approximate surface area is 385 Å². The third-order valence-electron chi connectivity index (χ3n) is 12.2. The summed E-state index contributed by atoms with van der Waals surface area (Å²) in [5.41, 5.74) is 0. The first-order chi connectivity index (χ1) is 30.0. The third kappa shape index (κ3) is 47.0. The van der Waals surface area contributed by atoms with Gasteiger partial charge in [0, 0.05) is 6.42 Å². The highest BCUT2D eigenvalue weighted by Gasteiger charge is 2.23. The summed E-state index contributed by atoms with van der Waals surface area (Å²) in [6, 6.07) is -0.882. The highest BCUT2D eigenvalue weighted by Crippen LogP contribution is 2.38. The van der Waals surface area contributed by atoms with Gasteiger partial charge >= 0.3 is 0 Å². The molecule has 3 atom stereocenters. The van der Waals surface area contributed by atoms with Crippen LogP contribution in [0.25, 0.3) is 0 Å². The molecule has 0 aromatic carbocycles. The molecule has 0 saturated carbocycles. The first-order valence-corrected chi connectivity index (χ1v) is 28.2. The average Bonchev–Trinajstić information content (AvgIpc) is 3.23. The van der Waals surface area contributed by atoms with Gasteiger partial charge in [0.25, 0.3) is 7.82 Å². The van der Waals surface area contributed by atoms with Crippen molar-refractivity contribution in [2.24, 2.45) is 0 Å². The van der Waals surface area contributed by atoms with Gasteiger partial charge in [-0.15, -0.1) is 0 Å². The van der Waals surface area contributed by atoms with E-state index in [-0.39, 0.29) is 19.1 Å². The third-order valence-corrected chi connectivity index (χ3v) is 13.1. The number of carbonyl (C=O) groups excluding carboxylic acids is 1. The maximum absolute atomic E-state index is 12.9. The summed E-state index contributed by atoms with van der Waals surface area (Å²) in [6.07, 6.45) is 55.3. The van der Waals surface area contributed by atoms with E-state index in [9.17, 15) is 19.4 Å². The lowest BCUT2D eigenvalue weighted by Crippen LogP contribution is -2.45. The van der Waals surface area contributed by atoms with E-state index in [2.05, 4.69) is 31.3 Å². The van der Waals surface area contributed by atoms with Crippen molar-refractivity contribution in [3.05, 3.63) is 24.3 Å². The van der Waals surface area contributed by atoms with Crippen molar-refractivity contribution in [3.63, 3.8) is 0 Å². The SMILES string of the molecule is CCCCCCCCCC/C=C\CCCCCCCCCCCCCCCCCC(=O)NC(COP(=O)([O-])OCC[N+](C)(C)C)C(O)/C=C/CCCCCCCCCCCCC. The van der Waals surface area contributed by atoms with Crippen LogP contribution in [0.4, 0.5) is 0 Å². The van der Waals surface area contributed by atoms with E-state index in [1.807, 2.05) is 27.2 Å². The summed E-state index contributed by atoms with van der Waals surface area (Å²) in [5, 5.41) is 13.8. The Morgan fingerprint density at radius 1 is 0.548 bits per heavy atom. The van der Waals surface area contributed by atoms with Crippen LogP contribution in [0.3, 0.4) is 0 Å². The quantitative estimate of drug-likeness (QED) is 0.0273. The molecule has 0 aliphatic carbocycles. The minimum Gasteiger partial charge on any atom is -0.756 e. The predicted molar refractivity (Wildman–Crippen MR) is 265 cm³/mol. The number of unbranched alkanes of at least 4 members (excludes halogenated alkanes) is 34. The molecule has 0 aromatic rings. The molecule has 0 heterocycles. The number of aliphatic hydroxyl groups is 1. The maximum Gasteiger partial charge on any atom is 0.268 e. The van der Waals surface area contributed by atoms with Gasteiger partial charge in [-0.25, -0.2) is 0 Å². The first-order valence-electron chi connectivity index (χ1n) is 26.7. The van der Waals surface area contributed by atoms with Crippen molar-refractivity contribution in [3.8, 4) is 0 Å². The standard InChI is InChI=1S/C53H105N2O6P/c1-6-8-10-12-14-16-18-20-21-22-23-24-25-26-27-28-29-30-31-32-33-35-37-39-41-43-45-47-53(57)54-51(50-61-62(58,59)60-49-48-55(3,4)5)52(56)46-44-42-40-38-36-34-19-17-15-13-11-9-7-2/h22-23,44,46,51-52,56H,6-21,24-43,45,47-50H2,1-5H3,(H-,54,57,58,59)/b23-22-,46-44+. The number of carbonyl (C=O) groups is 1. The Morgan fingerprint density at radius 3 is 1.26 bits per heavy atom. The van der Waals surface area contributed by atoms with Crippen LogP contribution in [-0.2, 0) is 18.4 Å². The molecule has 0 saturated heterocycles. The Hall–Kier alpha value is -1.02. The van der Waals surface area contributed by atoms with Crippen LogP contribution < -0.4 is 10.2 Å². The van der Waals surface area contributed by atoms with E-state index >= 15 is 0 Å². The van der Waals surface area contributed by atoms with Crippen molar-refractivity contribution in [2.75, 3.05) is 40.9 Å². The van der Waals surface area contributed by atoms with Gasteiger partial charge in [-0.2, -0.15) is 0 Å². The van der Waals surface area contributed by atoms with Gasteiger partial charge in [-0.1, -0.05) is 231 Å². The Morgan fingerprint density at radius 2 is 0.887 bits per heavy atom. The minimum atomic E-state index is -4.59. The second-order valence-electron chi connectivity index (χ2n) is 19.6. The number of amides is 1. The molecule has 2 N–H and O–H groups in total. The summed E-state index contributed by atoms with van der Waals surface area (Å²) in [5.74, 6) is -0.195. The van der Waals surface area contributed by atoms with Gasteiger partial charge in [0.1, 0.15) is 13.2 Å². The molecule has 0 aromatic heterocycles. The van der Waals surface area contributed by atoms with Crippen LogP contribution in [0.5, 0.6) is 0 Å². The number of rotatable bonds is 49. The number of phosphoric ester groups is 1. The number of nitrogens with one attached hydrogen (secondary N) is 1. The normalized spacial score (nSPS) is 14.2. The topological polar surface area (TPSA) is 108 Å². The lowest BCUT2D eigenvalue weighted by molar-refractivity contribution is -0.870. The molecular formula is C53H105N2O6P. The Balaban J connectivity index is 4.12. The maximum atomic E-state index is 12.9. The lowest BCUT2D eigenvalue weighted by Gasteiger charge is -2.29. The summed E-state index contributed by atoms with van der Waals surface area (Å²) < 4.78 is 23.3. The van der Waals surface area contributed by atoms with E-state index in [1.165, 1.54) is 199 Å². The molecule has 0 rings (SSSR count). The van der Waals surface area contributed by atoms with Crippen LogP contribution in [-0.4, -0.2) is 68.5 Å². The summed E-state index contributed by atoms with van der Waals surface area (Å²) >= 11 is 0. The lowest BCUT2D eigenvalue weighted by atomic mass is 10.0. The summed E-state index contributed by atoms with van der Waals surface area (Å²) in [4.78, 5) is 25.4. The molecule has 0 spiro atoms. The van der Waals surface area contributed by atoms with Gasteiger partial charge in [-0.05, 0) is 44.9 Å². The molecule has 1 amide bonds. The number of likely N-dealkylation sites (N-methyl/N-ethyl adjacent to an activating group) is 1. The fourth-order valence-corrected chi connectivity index (χ4v) is 8.64. The monoisotopic (exact) mass is 897 g/mol. The van der Waals surface area contributed by atoms with Crippen LogP contribution >= 0.6 is 7.82 Å². The molecule has 0 aliphatic rings. The molecule has 9 heteroatoms. The number of nitrogens with zero attached hydrogens (tertiary/aromatic N) is 1. The van der Waals surface area contributed by atoms with Crippen LogP contribution in [0.1, 0.15) is 258 Å². The highest BCUT2D eigenvalue weighted by molar-refractivity contribution is 7.45. The first kappa shape index (κ1) is 61.0. The van der Waals surface area contributed by atoms with Gasteiger partial charge in [0.05, 0.1) is 39.9 Å². The van der Waals surface area contributed by atoms with Crippen LogP contribution in [0.2, 0.25) is 0 Å². The van der Waals surface area contributed by atoms with Crippen molar-refractivity contribution in [2.45, 2.75) is 270 Å². The van der Waals surface area contributed by atoms with Crippen LogP contribution in [0.15, 0.2) is 24.3 Å². The van der Waals surface area contributed by atoms with Crippen molar-refractivity contribution >= 4 is 13.7 Å². The van der Waals surface area contributed by atoms with E-state index in [0.29, 0.717) is 17.4 Å². The molecule has 8 nitrogen and oxygen atoms in total. The smallest absolute Gasteiger partial charge is 0.268 e. The van der Waals surface area contributed by atoms with E-state index in [1.54, 1.807) is 6.08 Å². The number of hydrogen-bond acceptors (Lipinski definition) is 6. The van der Waals surface area contributed by atoms with Crippen molar-refractivity contribution < 1.29 is 32.9 Å². The number of aliphatic hydroxyl groups excluding tert-OH is 1. The fraction of sp³-hybridized carbons (Fsp3) is 0.906. The fourth-order valence-electron chi connectivity index (χ4n) is 7.91. The van der Waals surface area contributed by atoms with Gasteiger partial charge in [-0.3, -0.25) is 9.36 Å². The number of hydrogen-bond donors (Lipinski definition) is 2. The highest BCUT2D eigenvalue weighted by atomic mass is 31.2. The molecule has 3 unspecified atom stereocenters. The van der Waals surface area contributed by atoms with Crippen LogP contribution in [0, 0.1) is 0 Å². The largest absolute Gasteiger partial charge is 0.756 e. The Kier molecular flexibility index (Phi) is 44.4. The van der Waals surface area contributed by atoms with E-state index in [0.717, 1.165) is 38.5 Å². The Bertz CT molecular complexity index is 1060. The summed E-state index contributed by atoms with van der Waals surface area (Å²) in [6.45, 7) is 4.66. The summed E-state index contributed by atoms with van der Waals surface area (Å²) in [7, 11) is 1.27. The predicted octanol–water partition coefficient (Wildman–Crippen LogP) is 15.0.